The van der Waals surface area contributed by atoms with E-state index in [1.807, 2.05) is 29.2 Å². The van der Waals surface area contributed by atoms with Crippen LogP contribution in [0.1, 0.15) is 12.0 Å². The number of carbonyl (C=O) groups is 1. The van der Waals surface area contributed by atoms with Crippen LogP contribution in [0.3, 0.4) is 0 Å². The van der Waals surface area contributed by atoms with Crippen LogP contribution in [-0.4, -0.2) is 37.3 Å². The fourth-order valence-corrected chi connectivity index (χ4v) is 2.04. The van der Waals surface area contributed by atoms with E-state index in [4.69, 9.17) is 5.11 Å². The molecule has 0 aliphatic carbocycles. The Balaban J connectivity index is 2.11. The maximum Gasteiger partial charge on any atom is 0.240 e. The number of piperazine rings is 1. The Morgan fingerprint density at radius 1 is 1.41 bits per heavy atom. The number of hydrogen-bond acceptors (Lipinski definition) is 3. The molecular formula is C13H18N2O2. The summed E-state index contributed by atoms with van der Waals surface area (Å²) >= 11 is 0. The Hall–Kier alpha value is -1.39. The third-order valence-electron chi connectivity index (χ3n) is 2.94. The van der Waals surface area contributed by atoms with Gasteiger partial charge in [0.1, 0.15) is 0 Å². The third kappa shape index (κ3) is 3.05. The molecule has 2 rings (SSSR count). The standard InChI is InChI=1S/C13H18N2O2/c16-8-2-4-11-3-1-5-12(9-11)15-7-6-14-10-13(15)17/h1,3,5,9,14,16H,2,4,6-8,10H2. The molecule has 4 nitrogen and oxygen atoms in total. The summed E-state index contributed by atoms with van der Waals surface area (Å²) in [5.41, 5.74) is 2.13. The summed E-state index contributed by atoms with van der Waals surface area (Å²) in [4.78, 5) is 13.6. The maximum absolute atomic E-state index is 11.7. The van der Waals surface area contributed by atoms with Crippen LogP contribution in [0.5, 0.6) is 0 Å². The normalized spacial score (nSPS) is 16.3. The van der Waals surface area contributed by atoms with E-state index < -0.39 is 0 Å². The fraction of sp³-hybridized carbons (Fsp3) is 0.462. The van der Waals surface area contributed by atoms with Gasteiger partial charge in [-0.1, -0.05) is 12.1 Å². The van der Waals surface area contributed by atoms with Crippen molar-refractivity contribution in [3.63, 3.8) is 0 Å². The minimum atomic E-state index is 0.121. The number of amides is 1. The smallest absolute Gasteiger partial charge is 0.240 e. The quantitative estimate of drug-likeness (QED) is 0.800. The molecule has 1 heterocycles. The number of aryl methyl sites for hydroxylation is 1. The SMILES string of the molecule is O=C1CNCCN1c1cccc(CCCO)c1. The molecule has 4 heteroatoms. The zero-order valence-electron chi connectivity index (χ0n) is 9.85. The van der Waals surface area contributed by atoms with Gasteiger partial charge in [0, 0.05) is 25.4 Å². The number of rotatable bonds is 4. The molecule has 2 N–H and O–H groups in total. The van der Waals surface area contributed by atoms with E-state index in [1.54, 1.807) is 0 Å². The second kappa shape index (κ2) is 5.80. The van der Waals surface area contributed by atoms with Gasteiger partial charge in [0.05, 0.1) is 6.54 Å². The van der Waals surface area contributed by atoms with E-state index >= 15 is 0 Å². The van der Waals surface area contributed by atoms with Crippen molar-refractivity contribution < 1.29 is 9.90 Å². The molecule has 1 saturated heterocycles. The Kier molecular flexibility index (Phi) is 4.12. The number of nitrogens with one attached hydrogen (secondary N) is 1. The van der Waals surface area contributed by atoms with Crippen molar-refractivity contribution in [3.05, 3.63) is 29.8 Å². The summed E-state index contributed by atoms with van der Waals surface area (Å²) in [5.74, 6) is 0.121. The maximum atomic E-state index is 11.7. The lowest BCUT2D eigenvalue weighted by atomic mass is 10.1. The first-order valence-corrected chi connectivity index (χ1v) is 6.02. The van der Waals surface area contributed by atoms with Gasteiger partial charge < -0.3 is 15.3 Å². The molecule has 1 aliphatic heterocycles. The van der Waals surface area contributed by atoms with Crippen molar-refractivity contribution in [3.8, 4) is 0 Å². The Labute approximate surface area is 101 Å². The lowest BCUT2D eigenvalue weighted by Gasteiger charge is -2.27. The molecule has 0 aromatic heterocycles. The molecular weight excluding hydrogens is 216 g/mol. The molecule has 17 heavy (non-hydrogen) atoms. The Morgan fingerprint density at radius 3 is 3.06 bits per heavy atom. The monoisotopic (exact) mass is 234 g/mol. The van der Waals surface area contributed by atoms with Crippen LogP contribution in [0.15, 0.2) is 24.3 Å². The first kappa shape index (κ1) is 12.1. The zero-order valence-corrected chi connectivity index (χ0v) is 9.85. The predicted octanol–water partition coefficient (Wildman–Crippen LogP) is 0.548. The van der Waals surface area contributed by atoms with Crippen molar-refractivity contribution in [1.29, 1.82) is 0 Å². The number of aliphatic hydroxyl groups excluding tert-OH is 1. The molecule has 1 aromatic carbocycles. The van der Waals surface area contributed by atoms with Crippen LogP contribution in [0.4, 0.5) is 5.69 Å². The summed E-state index contributed by atoms with van der Waals surface area (Å²) in [7, 11) is 0. The lowest BCUT2D eigenvalue weighted by molar-refractivity contribution is -0.118. The molecule has 0 radical (unpaired) electrons. The zero-order chi connectivity index (χ0) is 12.1. The van der Waals surface area contributed by atoms with Crippen LogP contribution in [0, 0.1) is 0 Å². The van der Waals surface area contributed by atoms with Crippen LogP contribution in [0.25, 0.3) is 0 Å². The molecule has 0 atom stereocenters. The first-order valence-electron chi connectivity index (χ1n) is 6.02. The van der Waals surface area contributed by atoms with Gasteiger partial charge in [0.15, 0.2) is 0 Å². The molecule has 0 bridgehead atoms. The first-order chi connectivity index (χ1) is 8.31. The number of hydrogen-bond donors (Lipinski definition) is 2. The molecule has 0 spiro atoms. The highest BCUT2D eigenvalue weighted by Crippen LogP contribution is 2.18. The minimum Gasteiger partial charge on any atom is -0.396 e. The van der Waals surface area contributed by atoms with Crippen molar-refractivity contribution in [2.75, 3.05) is 31.1 Å². The van der Waals surface area contributed by atoms with Crippen LogP contribution in [-0.2, 0) is 11.2 Å². The van der Waals surface area contributed by atoms with Gasteiger partial charge in [-0.3, -0.25) is 4.79 Å². The topological polar surface area (TPSA) is 52.6 Å². The minimum absolute atomic E-state index is 0.121. The third-order valence-corrected chi connectivity index (χ3v) is 2.94. The summed E-state index contributed by atoms with van der Waals surface area (Å²) in [6.07, 6.45) is 1.61. The molecule has 1 amide bonds. The number of carbonyl (C=O) groups excluding carboxylic acids is 1. The number of aliphatic hydroxyl groups is 1. The summed E-state index contributed by atoms with van der Waals surface area (Å²) in [6, 6.07) is 8.01. The van der Waals surface area contributed by atoms with Crippen LogP contribution in [0.2, 0.25) is 0 Å². The second-order valence-corrected chi connectivity index (χ2v) is 4.22. The molecule has 1 aliphatic rings. The highest BCUT2D eigenvalue weighted by molar-refractivity contribution is 5.95. The van der Waals surface area contributed by atoms with Crippen molar-refractivity contribution in [2.24, 2.45) is 0 Å². The highest BCUT2D eigenvalue weighted by atomic mass is 16.2. The van der Waals surface area contributed by atoms with E-state index in [-0.39, 0.29) is 12.5 Å². The summed E-state index contributed by atoms with van der Waals surface area (Å²) < 4.78 is 0. The fourth-order valence-electron chi connectivity index (χ4n) is 2.04. The number of anilines is 1. The van der Waals surface area contributed by atoms with Crippen LogP contribution >= 0.6 is 0 Å². The van der Waals surface area contributed by atoms with E-state index in [9.17, 15) is 4.79 Å². The van der Waals surface area contributed by atoms with E-state index in [2.05, 4.69) is 5.32 Å². The molecule has 1 aromatic rings. The van der Waals surface area contributed by atoms with Gasteiger partial charge in [-0.15, -0.1) is 0 Å². The van der Waals surface area contributed by atoms with Crippen molar-refractivity contribution in [1.82, 2.24) is 5.32 Å². The molecule has 1 fully saturated rings. The molecule has 92 valence electrons. The molecule has 0 unspecified atom stereocenters. The van der Waals surface area contributed by atoms with Crippen LogP contribution < -0.4 is 10.2 Å². The molecule has 0 saturated carbocycles. The van der Waals surface area contributed by atoms with Gasteiger partial charge >= 0.3 is 0 Å². The Morgan fingerprint density at radius 2 is 2.29 bits per heavy atom. The average molecular weight is 234 g/mol. The van der Waals surface area contributed by atoms with Gasteiger partial charge in [-0.25, -0.2) is 0 Å². The van der Waals surface area contributed by atoms with Crippen molar-refractivity contribution in [2.45, 2.75) is 12.8 Å². The van der Waals surface area contributed by atoms with Crippen molar-refractivity contribution >= 4 is 11.6 Å². The summed E-state index contributed by atoms with van der Waals surface area (Å²) in [6.45, 7) is 2.19. The summed E-state index contributed by atoms with van der Waals surface area (Å²) in [5, 5.41) is 11.9. The van der Waals surface area contributed by atoms with Gasteiger partial charge in [-0.05, 0) is 30.5 Å². The second-order valence-electron chi connectivity index (χ2n) is 4.22. The number of nitrogens with zero attached hydrogens (tertiary/aromatic N) is 1. The van der Waals surface area contributed by atoms with E-state index in [1.165, 1.54) is 5.56 Å². The largest absolute Gasteiger partial charge is 0.396 e. The highest BCUT2D eigenvalue weighted by Gasteiger charge is 2.18. The number of benzene rings is 1. The predicted molar refractivity (Wildman–Crippen MR) is 67.1 cm³/mol. The van der Waals surface area contributed by atoms with Gasteiger partial charge in [0.2, 0.25) is 5.91 Å². The average Bonchev–Trinajstić information content (AvgIpc) is 2.37. The lowest BCUT2D eigenvalue weighted by Crippen LogP contribution is -2.48. The van der Waals surface area contributed by atoms with Gasteiger partial charge in [-0.2, -0.15) is 0 Å². The van der Waals surface area contributed by atoms with Gasteiger partial charge in [0.25, 0.3) is 0 Å². The van der Waals surface area contributed by atoms with E-state index in [0.717, 1.165) is 31.6 Å². The Bertz CT molecular complexity index is 393. The van der Waals surface area contributed by atoms with E-state index in [0.29, 0.717) is 6.54 Å².